The first kappa shape index (κ1) is 22.4. The SMILES string of the molecule is CC(C)(C)OC(=O)N1CCC2(CC1)N=C(c1ccc(OC(F)(F)F)cc1C1CC1)NC2=O. The summed E-state index contributed by atoms with van der Waals surface area (Å²) in [4.78, 5) is 31.4. The van der Waals surface area contributed by atoms with Gasteiger partial charge in [0.1, 0.15) is 22.7 Å². The number of piperidine rings is 1. The molecule has 0 aromatic heterocycles. The van der Waals surface area contributed by atoms with Gasteiger partial charge in [-0.1, -0.05) is 0 Å². The molecule has 1 saturated carbocycles. The maximum atomic E-state index is 12.9. The number of nitrogens with zero attached hydrogens (tertiary/aromatic N) is 2. The Morgan fingerprint density at radius 1 is 1.19 bits per heavy atom. The number of carbonyl (C=O) groups is 2. The number of aliphatic imine (C=N–C) groups is 1. The lowest BCUT2D eigenvalue weighted by Gasteiger charge is -2.36. The molecule has 0 radical (unpaired) electrons. The molecule has 7 nitrogen and oxygen atoms in total. The molecule has 2 aliphatic heterocycles. The van der Waals surface area contributed by atoms with Crippen LogP contribution in [0.4, 0.5) is 18.0 Å². The normalized spacial score (nSPS) is 20.8. The van der Waals surface area contributed by atoms with E-state index in [1.54, 1.807) is 25.7 Å². The van der Waals surface area contributed by atoms with E-state index < -0.39 is 23.6 Å². The highest BCUT2D eigenvalue weighted by Gasteiger charge is 2.47. The van der Waals surface area contributed by atoms with Crippen LogP contribution in [0.15, 0.2) is 23.2 Å². The minimum absolute atomic E-state index is 0.118. The Bertz CT molecular complexity index is 956. The van der Waals surface area contributed by atoms with Crippen LogP contribution in [-0.4, -0.2) is 53.3 Å². The Morgan fingerprint density at radius 2 is 1.84 bits per heavy atom. The lowest BCUT2D eigenvalue weighted by Crippen LogP contribution is -2.51. The molecule has 1 aliphatic carbocycles. The van der Waals surface area contributed by atoms with Gasteiger partial charge in [0.15, 0.2) is 0 Å². The highest BCUT2D eigenvalue weighted by molar-refractivity contribution is 6.16. The monoisotopic (exact) mass is 453 g/mol. The summed E-state index contributed by atoms with van der Waals surface area (Å²) in [6.07, 6.45) is -2.79. The van der Waals surface area contributed by atoms with Gasteiger partial charge in [-0.2, -0.15) is 0 Å². The summed E-state index contributed by atoms with van der Waals surface area (Å²) in [5.41, 5.74) is -0.296. The second-order valence-electron chi connectivity index (χ2n) is 9.48. The number of amidine groups is 1. The highest BCUT2D eigenvalue weighted by atomic mass is 19.4. The van der Waals surface area contributed by atoms with Crippen molar-refractivity contribution in [1.29, 1.82) is 0 Å². The molecule has 174 valence electrons. The van der Waals surface area contributed by atoms with Gasteiger partial charge in [-0.15, -0.1) is 13.2 Å². The Balaban J connectivity index is 1.53. The number of nitrogens with one attached hydrogen (secondary N) is 1. The third kappa shape index (κ3) is 4.83. The first-order chi connectivity index (χ1) is 14.9. The van der Waals surface area contributed by atoms with E-state index in [1.165, 1.54) is 18.2 Å². The second kappa shape index (κ2) is 7.67. The number of hydrogen-bond acceptors (Lipinski definition) is 5. The van der Waals surface area contributed by atoms with Gasteiger partial charge in [-0.25, -0.2) is 4.79 Å². The molecule has 4 rings (SSSR count). The first-order valence-electron chi connectivity index (χ1n) is 10.6. The number of rotatable bonds is 3. The van der Waals surface area contributed by atoms with Gasteiger partial charge in [0.2, 0.25) is 0 Å². The standard InChI is InChI=1S/C22H26F3N3O4/c1-20(2,3)32-19(30)28-10-8-21(9-11-28)18(29)26-17(27-21)15-7-6-14(31-22(23,24)25)12-16(15)13-4-5-13/h6-7,12-13H,4-5,8-11H2,1-3H3,(H,26,27,29). The average Bonchev–Trinajstić information content (AvgIpc) is 3.46. The van der Waals surface area contributed by atoms with Gasteiger partial charge in [-0.3, -0.25) is 9.79 Å². The fraction of sp³-hybridized carbons (Fsp3) is 0.591. The van der Waals surface area contributed by atoms with Gasteiger partial charge < -0.3 is 19.7 Å². The molecule has 2 fully saturated rings. The zero-order chi connectivity index (χ0) is 23.3. The minimum atomic E-state index is -4.77. The lowest BCUT2D eigenvalue weighted by atomic mass is 9.88. The van der Waals surface area contributed by atoms with E-state index in [1.807, 2.05) is 0 Å². The van der Waals surface area contributed by atoms with E-state index in [4.69, 9.17) is 4.74 Å². The number of ether oxygens (including phenoxy) is 2. The van der Waals surface area contributed by atoms with Crippen LogP contribution >= 0.6 is 0 Å². The van der Waals surface area contributed by atoms with Gasteiger partial charge in [0.05, 0.1) is 0 Å². The van der Waals surface area contributed by atoms with E-state index in [2.05, 4.69) is 15.0 Å². The molecule has 2 heterocycles. The number of amides is 2. The topological polar surface area (TPSA) is 80.2 Å². The molecule has 2 amide bonds. The van der Waals surface area contributed by atoms with E-state index in [9.17, 15) is 22.8 Å². The van der Waals surface area contributed by atoms with Crippen molar-refractivity contribution in [1.82, 2.24) is 10.2 Å². The molecule has 10 heteroatoms. The van der Waals surface area contributed by atoms with Gasteiger partial charge >= 0.3 is 12.5 Å². The molecule has 1 saturated heterocycles. The van der Waals surface area contributed by atoms with E-state index >= 15 is 0 Å². The lowest BCUT2D eigenvalue weighted by molar-refractivity contribution is -0.274. The number of benzene rings is 1. The summed E-state index contributed by atoms with van der Waals surface area (Å²) in [7, 11) is 0. The van der Waals surface area contributed by atoms with Crippen LogP contribution in [0.2, 0.25) is 0 Å². The van der Waals surface area contributed by atoms with E-state index in [-0.39, 0.29) is 17.6 Å². The zero-order valence-electron chi connectivity index (χ0n) is 18.2. The maximum Gasteiger partial charge on any atom is 0.573 e. The molecule has 0 atom stereocenters. The van der Waals surface area contributed by atoms with Crippen molar-refractivity contribution in [3.05, 3.63) is 29.3 Å². The zero-order valence-corrected chi connectivity index (χ0v) is 18.2. The molecule has 1 spiro atoms. The van der Waals surface area contributed by atoms with Gasteiger partial charge in [0, 0.05) is 18.7 Å². The Hall–Kier alpha value is -2.78. The minimum Gasteiger partial charge on any atom is -0.444 e. The summed E-state index contributed by atoms with van der Waals surface area (Å²) in [6, 6.07) is 4.13. The molecule has 1 aromatic rings. The molecule has 1 N–H and O–H groups in total. The van der Waals surface area contributed by atoms with Gasteiger partial charge in [-0.05, 0) is 76.1 Å². The molecular formula is C22H26F3N3O4. The third-order valence-corrected chi connectivity index (χ3v) is 5.75. The Kier molecular flexibility index (Phi) is 5.37. The molecule has 0 unspecified atom stereocenters. The Morgan fingerprint density at radius 3 is 2.41 bits per heavy atom. The van der Waals surface area contributed by atoms with Crippen molar-refractivity contribution in [2.45, 2.75) is 69.9 Å². The van der Waals surface area contributed by atoms with Crippen LogP contribution in [0.1, 0.15) is 63.5 Å². The summed E-state index contributed by atoms with van der Waals surface area (Å²) in [5, 5.41) is 2.82. The summed E-state index contributed by atoms with van der Waals surface area (Å²) in [5.74, 6) is -0.0599. The fourth-order valence-electron chi connectivity index (χ4n) is 4.05. The van der Waals surface area contributed by atoms with E-state index in [0.29, 0.717) is 42.9 Å². The maximum absolute atomic E-state index is 12.9. The predicted molar refractivity (Wildman–Crippen MR) is 110 cm³/mol. The van der Waals surface area contributed by atoms with E-state index in [0.717, 1.165) is 12.8 Å². The summed E-state index contributed by atoms with van der Waals surface area (Å²) < 4.78 is 47.3. The fourth-order valence-corrected chi connectivity index (χ4v) is 4.05. The largest absolute Gasteiger partial charge is 0.573 e. The first-order valence-corrected chi connectivity index (χ1v) is 10.6. The van der Waals surface area contributed by atoms with Gasteiger partial charge in [0.25, 0.3) is 5.91 Å². The van der Waals surface area contributed by atoms with Crippen LogP contribution in [-0.2, 0) is 9.53 Å². The second-order valence-corrected chi connectivity index (χ2v) is 9.48. The van der Waals surface area contributed by atoms with Crippen LogP contribution in [0, 0.1) is 0 Å². The van der Waals surface area contributed by atoms with Crippen molar-refractivity contribution in [3.8, 4) is 5.75 Å². The number of halogens is 3. The molecule has 3 aliphatic rings. The van der Waals surface area contributed by atoms with Crippen molar-refractivity contribution in [2.75, 3.05) is 13.1 Å². The van der Waals surface area contributed by atoms with Crippen molar-refractivity contribution in [3.63, 3.8) is 0 Å². The number of carbonyl (C=O) groups excluding carboxylic acids is 2. The van der Waals surface area contributed by atoms with Crippen molar-refractivity contribution < 1.29 is 32.2 Å². The average molecular weight is 453 g/mol. The molecule has 0 bridgehead atoms. The third-order valence-electron chi connectivity index (χ3n) is 5.75. The van der Waals surface area contributed by atoms with Crippen molar-refractivity contribution >= 4 is 17.8 Å². The molecule has 1 aromatic carbocycles. The number of alkyl halides is 3. The number of likely N-dealkylation sites (tertiary alicyclic amines) is 1. The molecule has 32 heavy (non-hydrogen) atoms. The quantitative estimate of drug-likeness (QED) is 0.747. The van der Waals surface area contributed by atoms with Crippen LogP contribution in [0.5, 0.6) is 5.75 Å². The van der Waals surface area contributed by atoms with Crippen LogP contribution < -0.4 is 10.1 Å². The van der Waals surface area contributed by atoms with Crippen LogP contribution in [0.3, 0.4) is 0 Å². The summed E-state index contributed by atoms with van der Waals surface area (Å²) >= 11 is 0. The number of hydrogen-bond donors (Lipinski definition) is 1. The van der Waals surface area contributed by atoms with Crippen LogP contribution in [0.25, 0.3) is 0 Å². The smallest absolute Gasteiger partial charge is 0.444 e. The predicted octanol–water partition coefficient (Wildman–Crippen LogP) is 4.11. The Labute approximate surface area is 184 Å². The molecular weight excluding hydrogens is 427 g/mol. The van der Waals surface area contributed by atoms with Crippen molar-refractivity contribution in [2.24, 2.45) is 4.99 Å². The summed E-state index contributed by atoms with van der Waals surface area (Å²) in [6.45, 7) is 6.03. The highest BCUT2D eigenvalue weighted by Crippen LogP contribution is 2.44.